The number of anilines is 1. The van der Waals surface area contributed by atoms with E-state index in [1.807, 2.05) is 29.8 Å². The number of nitrogens with zero attached hydrogens (tertiary/aromatic N) is 3. The number of carbonyl (C=O) groups is 2. The van der Waals surface area contributed by atoms with Crippen LogP contribution in [-0.4, -0.2) is 39.2 Å². The highest BCUT2D eigenvalue weighted by molar-refractivity contribution is 6.29. The van der Waals surface area contributed by atoms with Gasteiger partial charge in [0.15, 0.2) is 0 Å². The van der Waals surface area contributed by atoms with Crippen molar-refractivity contribution in [2.45, 2.75) is 44.7 Å². The lowest BCUT2D eigenvalue weighted by Gasteiger charge is -2.27. The van der Waals surface area contributed by atoms with Gasteiger partial charge in [0.25, 0.3) is 11.8 Å². The van der Waals surface area contributed by atoms with Crippen molar-refractivity contribution >= 4 is 29.2 Å². The van der Waals surface area contributed by atoms with Crippen LogP contribution in [0.25, 0.3) is 0 Å². The number of nitrogen functional groups attached to an aromatic ring is 1. The summed E-state index contributed by atoms with van der Waals surface area (Å²) in [4.78, 5) is 29.0. The summed E-state index contributed by atoms with van der Waals surface area (Å²) in [6.45, 7) is 2.41. The molecule has 2 aliphatic rings. The number of hydrogen-bond donors (Lipinski definition) is 3. The van der Waals surface area contributed by atoms with Gasteiger partial charge in [0.2, 0.25) is 0 Å². The third-order valence-electron chi connectivity index (χ3n) is 5.60. The molecular weight excluding hydrogens is 404 g/mol. The van der Waals surface area contributed by atoms with Crippen LogP contribution in [0, 0.1) is 12.8 Å². The van der Waals surface area contributed by atoms with Crippen LogP contribution in [0.1, 0.15) is 58.3 Å². The quantitative estimate of drug-likeness (QED) is 0.483. The van der Waals surface area contributed by atoms with Gasteiger partial charge in [-0.05, 0) is 56.7 Å². The fourth-order valence-electron chi connectivity index (χ4n) is 3.84. The SMILES string of the molecule is Cc1cc(C(=O)NC[C@H]2C=C[C@@H](NC(=O)c3cc(N)nc(Cl)c3)C2)n(C2CCC2)n1. The first-order valence-corrected chi connectivity index (χ1v) is 10.5. The molecule has 158 valence electrons. The Morgan fingerprint density at radius 2 is 2.03 bits per heavy atom. The van der Waals surface area contributed by atoms with E-state index in [1.165, 1.54) is 18.6 Å². The Balaban J connectivity index is 1.29. The van der Waals surface area contributed by atoms with Crippen LogP contribution in [0.3, 0.4) is 0 Å². The normalized spacial score (nSPS) is 20.7. The summed E-state index contributed by atoms with van der Waals surface area (Å²) in [5.74, 6) is -0.0198. The summed E-state index contributed by atoms with van der Waals surface area (Å²) >= 11 is 5.87. The van der Waals surface area contributed by atoms with Crippen LogP contribution >= 0.6 is 11.6 Å². The lowest BCUT2D eigenvalue weighted by molar-refractivity contribution is 0.0920. The third-order valence-corrected chi connectivity index (χ3v) is 5.79. The Bertz CT molecular complexity index is 977. The van der Waals surface area contributed by atoms with Crippen molar-refractivity contribution in [1.29, 1.82) is 0 Å². The lowest BCUT2D eigenvalue weighted by Crippen LogP contribution is -2.35. The molecule has 1 fully saturated rings. The Hall–Kier alpha value is -2.87. The predicted octanol–water partition coefficient (Wildman–Crippen LogP) is 2.65. The summed E-state index contributed by atoms with van der Waals surface area (Å²) in [7, 11) is 0. The molecule has 2 heterocycles. The smallest absolute Gasteiger partial charge is 0.269 e. The molecule has 0 aliphatic heterocycles. The molecule has 0 saturated heterocycles. The number of nitrogens with two attached hydrogens (primary N) is 1. The minimum absolute atomic E-state index is 0.106. The van der Waals surface area contributed by atoms with E-state index in [4.69, 9.17) is 17.3 Å². The highest BCUT2D eigenvalue weighted by Crippen LogP contribution is 2.32. The topological polar surface area (TPSA) is 115 Å². The minimum atomic E-state index is -0.259. The number of aryl methyl sites for hydroxylation is 1. The monoisotopic (exact) mass is 428 g/mol. The first-order valence-electron chi connectivity index (χ1n) is 10.2. The number of halogens is 1. The predicted molar refractivity (Wildman–Crippen MR) is 114 cm³/mol. The highest BCUT2D eigenvalue weighted by atomic mass is 35.5. The van der Waals surface area contributed by atoms with Gasteiger partial charge in [0.05, 0.1) is 11.7 Å². The Labute approximate surface area is 179 Å². The molecule has 30 heavy (non-hydrogen) atoms. The maximum absolute atomic E-state index is 12.7. The first kappa shape index (κ1) is 20.4. The molecule has 2 aliphatic carbocycles. The van der Waals surface area contributed by atoms with Crippen molar-refractivity contribution in [3.05, 3.63) is 52.5 Å². The molecule has 8 nitrogen and oxygen atoms in total. The molecule has 2 aromatic heterocycles. The summed E-state index contributed by atoms with van der Waals surface area (Å²) in [6.07, 6.45) is 8.01. The average Bonchev–Trinajstić information content (AvgIpc) is 3.24. The van der Waals surface area contributed by atoms with E-state index in [2.05, 4.69) is 20.7 Å². The van der Waals surface area contributed by atoms with E-state index in [9.17, 15) is 9.59 Å². The fraction of sp³-hybridized carbons (Fsp3) is 0.429. The van der Waals surface area contributed by atoms with Gasteiger partial charge in [0.1, 0.15) is 16.7 Å². The molecule has 0 bridgehead atoms. The molecule has 2 atom stereocenters. The van der Waals surface area contributed by atoms with Crippen LogP contribution in [-0.2, 0) is 0 Å². The summed E-state index contributed by atoms with van der Waals surface area (Å²) in [5, 5.41) is 10.6. The molecule has 0 spiro atoms. The second-order valence-electron chi connectivity index (χ2n) is 7.97. The zero-order valence-electron chi connectivity index (χ0n) is 16.8. The van der Waals surface area contributed by atoms with Gasteiger partial charge in [-0.3, -0.25) is 14.3 Å². The average molecular weight is 429 g/mol. The van der Waals surface area contributed by atoms with Gasteiger partial charge in [-0.1, -0.05) is 23.8 Å². The Morgan fingerprint density at radius 1 is 1.23 bits per heavy atom. The molecular formula is C21H25ClN6O2. The molecule has 2 aromatic rings. The Kier molecular flexibility index (Phi) is 5.76. The van der Waals surface area contributed by atoms with Crippen LogP contribution in [0.5, 0.6) is 0 Å². The van der Waals surface area contributed by atoms with Crippen LogP contribution < -0.4 is 16.4 Å². The number of rotatable bonds is 6. The van der Waals surface area contributed by atoms with Crippen LogP contribution in [0.4, 0.5) is 5.82 Å². The second-order valence-corrected chi connectivity index (χ2v) is 8.36. The van der Waals surface area contributed by atoms with Gasteiger partial charge >= 0.3 is 0 Å². The number of carbonyl (C=O) groups excluding carboxylic acids is 2. The van der Waals surface area contributed by atoms with Crippen molar-refractivity contribution in [1.82, 2.24) is 25.4 Å². The highest BCUT2D eigenvalue weighted by Gasteiger charge is 2.26. The molecule has 9 heteroatoms. The van der Waals surface area contributed by atoms with Crippen LogP contribution in [0.15, 0.2) is 30.4 Å². The van der Waals surface area contributed by atoms with Crippen molar-refractivity contribution in [3.63, 3.8) is 0 Å². The molecule has 0 unspecified atom stereocenters. The molecule has 2 amide bonds. The van der Waals surface area contributed by atoms with Crippen LogP contribution in [0.2, 0.25) is 5.15 Å². The van der Waals surface area contributed by atoms with Gasteiger partial charge in [-0.25, -0.2) is 4.98 Å². The number of pyridine rings is 1. The zero-order valence-corrected chi connectivity index (χ0v) is 17.5. The largest absolute Gasteiger partial charge is 0.384 e. The third kappa shape index (κ3) is 4.48. The lowest BCUT2D eigenvalue weighted by atomic mass is 9.93. The van der Waals surface area contributed by atoms with E-state index >= 15 is 0 Å². The van der Waals surface area contributed by atoms with E-state index in [1.54, 1.807) is 0 Å². The number of aromatic nitrogens is 3. The van der Waals surface area contributed by atoms with Gasteiger partial charge in [0, 0.05) is 18.2 Å². The van der Waals surface area contributed by atoms with E-state index < -0.39 is 0 Å². The van der Waals surface area contributed by atoms with Gasteiger partial charge in [-0.15, -0.1) is 0 Å². The van der Waals surface area contributed by atoms with E-state index in [-0.39, 0.29) is 34.7 Å². The maximum atomic E-state index is 12.7. The standard InChI is InChI=1S/C21H25ClN6O2/c1-12-7-17(28(27-12)16-3-2-4-16)21(30)24-11-13-5-6-15(8-13)25-20(29)14-9-18(22)26-19(23)10-14/h5-7,9-10,13,15-16H,2-4,8,11H2,1H3,(H2,23,26)(H,24,30)(H,25,29)/t13-,15+/m0/s1. The van der Waals surface area contributed by atoms with Crippen molar-refractivity contribution in [2.24, 2.45) is 5.92 Å². The first-order chi connectivity index (χ1) is 14.4. The summed E-state index contributed by atoms with van der Waals surface area (Å²) in [5.41, 5.74) is 7.50. The van der Waals surface area contributed by atoms with Gasteiger partial charge in [-0.2, -0.15) is 5.10 Å². The zero-order chi connectivity index (χ0) is 21.3. The molecule has 0 aromatic carbocycles. The molecule has 4 N–H and O–H groups in total. The van der Waals surface area contributed by atoms with Crippen molar-refractivity contribution in [2.75, 3.05) is 12.3 Å². The molecule has 4 rings (SSSR count). The number of hydrogen-bond acceptors (Lipinski definition) is 5. The van der Waals surface area contributed by atoms with E-state index in [0.717, 1.165) is 18.5 Å². The Morgan fingerprint density at radius 3 is 2.73 bits per heavy atom. The van der Waals surface area contributed by atoms with Crippen molar-refractivity contribution < 1.29 is 9.59 Å². The second kappa shape index (κ2) is 8.47. The fourth-order valence-corrected chi connectivity index (χ4v) is 4.06. The number of nitrogens with one attached hydrogen (secondary N) is 2. The molecule has 1 saturated carbocycles. The van der Waals surface area contributed by atoms with E-state index in [0.29, 0.717) is 30.3 Å². The summed E-state index contributed by atoms with van der Waals surface area (Å²) in [6, 6.07) is 5.03. The van der Waals surface area contributed by atoms with Gasteiger partial charge < -0.3 is 16.4 Å². The number of amides is 2. The maximum Gasteiger partial charge on any atom is 0.269 e. The molecule has 0 radical (unpaired) electrons. The summed E-state index contributed by atoms with van der Waals surface area (Å²) < 4.78 is 1.87. The minimum Gasteiger partial charge on any atom is -0.384 e. The van der Waals surface area contributed by atoms with Crippen molar-refractivity contribution in [3.8, 4) is 0 Å².